The summed E-state index contributed by atoms with van der Waals surface area (Å²) in [6.07, 6.45) is 1.58. The standard InChI is InChI=1S/C24H21FN4O4/c1-28-20-8-5-17(22(30)27-13-16-9-10-26-21(11-16)33-2)12-19(20)23(31)29(24(28)32)14-15-3-6-18(25)7-4-15/h3-12H,13-14H2,1-2H3,(H,27,30). The lowest BCUT2D eigenvalue weighted by Gasteiger charge is -2.12. The number of rotatable bonds is 6. The number of methoxy groups -OCH3 is 1. The van der Waals surface area contributed by atoms with E-state index in [1.165, 1.54) is 42.0 Å². The van der Waals surface area contributed by atoms with E-state index in [4.69, 9.17) is 4.74 Å². The number of hydrogen-bond donors (Lipinski definition) is 1. The van der Waals surface area contributed by atoms with Crippen molar-refractivity contribution < 1.29 is 13.9 Å². The molecule has 0 bridgehead atoms. The van der Waals surface area contributed by atoms with Crippen molar-refractivity contribution in [1.29, 1.82) is 0 Å². The van der Waals surface area contributed by atoms with E-state index in [0.717, 1.165) is 10.1 Å². The number of nitrogens with zero attached hydrogens (tertiary/aromatic N) is 3. The maximum absolute atomic E-state index is 13.2. The number of halogens is 1. The molecular weight excluding hydrogens is 427 g/mol. The third-order valence-corrected chi connectivity index (χ3v) is 5.33. The molecule has 8 nitrogen and oxygen atoms in total. The fourth-order valence-electron chi connectivity index (χ4n) is 3.53. The first-order valence-corrected chi connectivity index (χ1v) is 10.1. The molecule has 4 rings (SSSR count). The van der Waals surface area contributed by atoms with Gasteiger partial charge in [-0.25, -0.2) is 14.2 Å². The van der Waals surface area contributed by atoms with Crippen LogP contribution in [0.5, 0.6) is 5.88 Å². The number of benzene rings is 2. The van der Waals surface area contributed by atoms with Crippen LogP contribution in [0, 0.1) is 5.82 Å². The Hall–Kier alpha value is -4.27. The monoisotopic (exact) mass is 448 g/mol. The van der Waals surface area contributed by atoms with Crippen molar-refractivity contribution in [2.75, 3.05) is 7.11 Å². The summed E-state index contributed by atoms with van der Waals surface area (Å²) in [4.78, 5) is 42.6. The van der Waals surface area contributed by atoms with Gasteiger partial charge in [0.05, 0.1) is 24.6 Å². The first-order valence-electron chi connectivity index (χ1n) is 10.1. The fourth-order valence-corrected chi connectivity index (χ4v) is 3.53. The van der Waals surface area contributed by atoms with Crippen molar-refractivity contribution in [2.24, 2.45) is 7.05 Å². The molecule has 168 valence electrons. The smallest absolute Gasteiger partial charge is 0.331 e. The zero-order valence-electron chi connectivity index (χ0n) is 18.0. The Morgan fingerprint density at radius 1 is 1.06 bits per heavy atom. The Labute approximate surface area is 187 Å². The Kier molecular flexibility index (Phi) is 6.03. The minimum atomic E-state index is -0.522. The van der Waals surface area contributed by atoms with Crippen LogP contribution in [0.25, 0.3) is 10.9 Å². The summed E-state index contributed by atoms with van der Waals surface area (Å²) in [6.45, 7) is 0.236. The largest absolute Gasteiger partial charge is 0.481 e. The van der Waals surface area contributed by atoms with Crippen molar-refractivity contribution >= 4 is 16.8 Å². The van der Waals surface area contributed by atoms with E-state index in [2.05, 4.69) is 10.3 Å². The fraction of sp³-hybridized carbons (Fsp3) is 0.167. The Morgan fingerprint density at radius 2 is 1.82 bits per heavy atom. The predicted octanol–water partition coefficient (Wildman–Crippen LogP) is 2.22. The Morgan fingerprint density at radius 3 is 2.55 bits per heavy atom. The summed E-state index contributed by atoms with van der Waals surface area (Å²) in [7, 11) is 3.07. The molecule has 9 heteroatoms. The van der Waals surface area contributed by atoms with Crippen LogP contribution in [-0.2, 0) is 20.1 Å². The molecule has 1 amide bonds. The van der Waals surface area contributed by atoms with Gasteiger partial charge in [-0.15, -0.1) is 0 Å². The van der Waals surface area contributed by atoms with Gasteiger partial charge in [0, 0.05) is 31.4 Å². The van der Waals surface area contributed by atoms with Crippen molar-refractivity contribution in [2.45, 2.75) is 13.1 Å². The van der Waals surface area contributed by atoms with Crippen LogP contribution in [-0.4, -0.2) is 27.1 Å². The van der Waals surface area contributed by atoms with Crippen LogP contribution in [0.4, 0.5) is 4.39 Å². The highest BCUT2D eigenvalue weighted by Gasteiger charge is 2.14. The molecule has 0 unspecified atom stereocenters. The third-order valence-electron chi connectivity index (χ3n) is 5.33. The van der Waals surface area contributed by atoms with Gasteiger partial charge in [0.1, 0.15) is 5.82 Å². The van der Waals surface area contributed by atoms with E-state index < -0.39 is 17.1 Å². The normalized spacial score (nSPS) is 10.9. The van der Waals surface area contributed by atoms with E-state index in [1.807, 2.05) is 0 Å². The number of hydrogen-bond acceptors (Lipinski definition) is 5. The molecule has 2 heterocycles. The number of carbonyl (C=O) groups is 1. The number of nitrogens with one attached hydrogen (secondary N) is 1. The molecule has 0 atom stereocenters. The van der Waals surface area contributed by atoms with Gasteiger partial charge in [-0.05, 0) is 47.5 Å². The highest BCUT2D eigenvalue weighted by molar-refractivity contribution is 5.97. The molecule has 1 N–H and O–H groups in total. The maximum atomic E-state index is 13.2. The lowest BCUT2D eigenvalue weighted by molar-refractivity contribution is 0.0951. The summed E-state index contributed by atoms with van der Waals surface area (Å²) in [5.74, 6) is -0.334. The van der Waals surface area contributed by atoms with Gasteiger partial charge in [0.15, 0.2) is 0 Å². The van der Waals surface area contributed by atoms with Gasteiger partial charge in [-0.3, -0.25) is 18.7 Å². The van der Waals surface area contributed by atoms with Crippen molar-refractivity contribution in [3.63, 3.8) is 0 Å². The molecule has 0 saturated heterocycles. The Bertz CT molecular complexity index is 1460. The maximum Gasteiger partial charge on any atom is 0.331 e. The van der Waals surface area contributed by atoms with Crippen molar-refractivity contribution in [3.8, 4) is 5.88 Å². The summed E-state index contributed by atoms with van der Waals surface area (Å²) in [6, 6.07) is 13.7. The minimum absolute atomic E-state index is 0.0119. The van der Waals surface area contributed by atoms with Gasteiger partial charge in [-0.2, -0.15) is 0 Å². The molecule has 4 aromatic rings. The molecule has 2 aromatic carbocycles. The topological polar surface area (TPSA) is 95.2 Å². The van der Waals surface area contributed by atoms with Crippen LogP contribution < -0.4 is 21.3 Å². The van der Waals surface area contributed by atoms with Gasteiger partial charge in [-0.1, -0.05) is 12.1 Å². The number of ether oxygens (including phenoxy) is 1. The van der Waals surface area contributed by atoms with Gasteiger partial charge >= 0.3 is 5.69 Å². The zero-order chi connectivity index (χ0) is 23.5. The number of aromatic nitrogens is 3. The zero-order valence-corrected chi connectivity index (χ0v) is 18.0. The average Bonchev–Trinajstić information content (AvgIpc) is 2.84. The molecule has 0 aliphatic rings. The second-order valence-electron chi connectivity index (χ2n) is 7.48. The second kappa shape index (κ2) is 9.07. The SMILES string of the molecule is COc1cc(CNC(=O)c2ccc3c(c2)c(=O)n(Cc2ccc(F)cc2)c(=O)n3C)ccn1. The molecular formula is C24H21FN4O4. The van der Waals surface area contributed by atoms with Gasteiger partial charge in [0.25, 0.3) is 11.5 Å². The predicted molar refractivity (Wildman–Crippen MR) is 121 cm³/mol. The number of pyridine rings is 1. The summed E-state index contributed by atoms with van der Waals surface area (Å²) >= 11 is 0. The first-order chi connectivity index (χ1) is 15.9. The molecule has 2 aromatic heterocycles. The van der Waals surface area contributed by atoms with Crippen molar-refractivity contribution in [3.05, 3.63) is 104 Å². The molecule has 0 aliphatic heterocycles. The van der Waals surface area contributed by atoms with Crippen LogP contribution in [0.2, 0.25) is 0 Å². The Balaban J connectivity index is 1.65. The molecule has 0 aliphatic carbocycles. The van der Waals surface area contributed by atoms with E-state index in [-0.39, 0.29) is 29.9 Å². The summed E-state index contributed by atoms with van der Waals surface area (Å²) < 4.78 is 20.7. The lowest BCUT2D eigenvalue weighted by atomic mass is 10.1. The van der Waals surface area contributed by atoms with E-state index >= 15 is 0 Å². The average molecular weight is 448 g/mol. The summed E-state index contributed by atoms with van der Waals surface area (Å²) in [5, 5.41) is 3.04. The summed E-state index contributed by atoms with van der Waals surface area (Å²) in [5.41, 5.74) is 1.09. The minimum Gasteiger partial charge on any atom is -0.481 e. The third kappa shape index (κ3) is 4.52. The number of aryl methyl sites for hydroxylation is 1. The van der Waals surface area contributed by atoms with Crippen LogP contribution in [0.3, 0.4) is 0 Å². The van der Waals surface area contributed by atoms with E-state index in [1.54, 1.807) is 37.5 Å². The lowest BCUT2D eigenvalue weighted by Crippen LogP contribution is -2.39. The molecule has 0 radical (unpaired) electrons. The molecule has 33 heavy (non-hydrogen) atoms. The van der Waals surface area contributed by atoms with Gasteiger partial charge in [0.2, 0.25) is 5.88 Å². The molecule has 0 fully saturated rings. The molecule has 0 saturated carbocycles. The first kappa shape index (κ1) is 21.9. The van der Waals surface area contributed by atoms with Crippen LogP contribution >= 0.6 is 0 Å². The van der Waals surface area contributed by atoms with Gasteiger partial charge < -0.3 is 10.1 Å². The van der Waals surface area contributed by atoms with E-state index in [0.29, 0.717) is 17.0 Å². The number of carbonyl (C=O) groups excluding carboxylic acids is 1. The van der Waals surface area contributed by atoms with E-state index in [9.17, 15) is 18.8 Å². The number of fused-ring (bicyclic) bond motifs is 1. The number of amides is 1. The van der Waals surface area contributed by atoms with Crippen LogP contribution in [0.1, 0.15) is 21.5 Å². The van der Waals surface area contributed by atoms with Crippen molar-refractivity contribution in [1.82, 2.24) is 19.4 Å². The molecule has 0 spiro atoms. The highest BCUT2D eigenvalue weighted by atomic mass is 19.1. The second-order valence-corrected chi connectivity index (χ2v) is 7.48. The van der Waals surface area contributed by atoms with Crippen LogP contribution in [0.15, 0.2) is 70.4 Å². The highest BCUT2D eigenvalue weighted by Crippen LogP contribution is 2.13. The quantitative estimate of drug-likeness (QED) is 0.488.